The molecule has 0 bridgehead atoms. The van der Waals surface area contributed by atoms with Gasteiger partial charge in [0.2, 0.25) is 0 Å². The molecule has 0 amide bonds. The van der Waals surface area contributed by atoms with Gasteiger partial charge in [-0.2, -0.15) is 0 Å². The maximum absolute atomic E-state index is 11.7. The van der Waals surface area contributed by atoms with E-state index in [9.17, 15) is 4.79 Å². The average molecular weight is 399 g/mol. The van der Waals surface area contributed by atoms with Gasteiger partial charge < -0.3 is 9.47 Å². The Morgan fingerprint density at radius 1 is 1.04 bits per heavy atom. The second-order valence-corrected chi connectivity index (χ2v) is 6.53. The van der Waals surface area contributed by atoms with Crippen molar-refractivity contribution < 1.29 is 14.3 Å². The Morgan fingerprint density at radius 2 is 1.88 bits per heavy atom. The maximum atomic E-state index is 11.7. The van der Waals surface area contributed by atoms with E-state index in [1.165, 1.54) is 5.39 Å². The van der Waals surface area contributed by atoms with Gasteiger partial charge in [-0.25, -0.2) is 0 Å². The third-order valence-electron chi connectivity index (χ3n) is 3.90. The van der Waals surface area contributed by atoms with Crippen LogP contribution in [0.5, 0.6) is 5.75 Å². The number of halogens is 1. The summed E-state index contributed by atoms with van der Waals surface area (Å²) < 4.78 is 12.1. The predicted molar refractivity (Wildman–Crippen MR) is 103 cm³/mol. The molecular weight excluding hydrogens is 380 g/mol. The Morgan fingerprint density at radius 3 is 2.72 bits per heavy atom. The van der Waals surface area contributed by atoms with Crippen molar-refractivity contribution in [2.75, 3.05) is 6.61 Å². The van der Waals surface area contributed by atoms with E-state index in [0.717, 1.165) is 21.0 Å². The van der Waals surface area contributed by atoms with Crippen LogP contribution in [0.1, 0.15) is 18.1 Å². The summed E-state index contributed by atoms with van der Waals surface area (Å²) in [5.74, 6) is 0.471. The highest BCUT2D eigenvalue weighted by Gasteiger charge is 2.10. The summed E-state index contributed by atoms with van der Waals surface area (Å²) in [6.07, 6.45) is 0.217. The molecule has 0 aliphatic rings. The largest absolute Gasteiger partial charge is 0.489 e. The molecule has 128 valence electrons. The molecule has 4 heteroatoms. The first-order chi connectivity index (χ1) is 12.2. The summed E-state index contributed by atoms with van der Waals surface area (Å²) in [4.78, 5) is 11.7. The van der Waals surface area contributed by atoms with Crippen molar-refractivity contribution in [2.45, 2.75) is 20.0 Å². The Hall–Kier alpha value is -2.33. The molecule has 25 heavy (non-hydrogen) atoms. The third-order valence-corrected chi connectivity index (χ3v) is 4.59. The highest BCUT2D eigenvalue weighted by atomic mass is 79.9. The third kappa shape index (κ3) is 4.40. The van der Waals surface area contributed by atoms with E-state index in [1.807, 2.05) is 36.4 Å². The number of fused-ring (bicyclic) bond motifs is 1. The summed E-state index contributed by atoms with van der Waals surface area (Å²) in [6, 6.07) is 20.0. The fourth-order valence-electron chi connectivity index (χ4n) is 2.70. The molecule has 0 N–H and O–H groups in total. The predicted octanol–water partition coefficient (Wildman–Crippen LogP) is 5.29. The lowest BCUT2D eigenvalue weighted by atomic mass is 10.1. The first-order valence-electron chi connectivity index (χ1n) is 8.21. The van der Waals surface area contributed by atoms with Crippen LogP contribution in [-0.2, 0) is 22.6 Å². The summed E-state index contributed by atoms with van der Waals surface area (Å²) in [5.41, 5.74) is 1.92. The molecule has 0 aliphatic heterocycles. The number of carbonyl (C=O) groups is 1. The van der Waals surface area contributed by atoms with E-state index in [4.69, 9.17) is 9.47 Å². The Balaban J connectivity index is 1.74. The number of hydrogen-bond acceptors (Lipinski definition) is 3. The minimum Gasteiger partial charge on any atom is -0.489 e. The van der Waals surface area contributed by atoms with Crippen LogP contribution in [0.15, 0.2) is 65.1 Å². The lowest BCUT2D eigenvalue weighted by Crippen LogP contribution is -2.09. The number of para-hydroxylation sites is 1. The molecule has 0 saturated carbocycles. The first kappa shape index (κ1) is 17.5. The molecule has 0 fully saturated rings. The smallest absolute Gasteiger partial charge is 0.310 e. The van der Waals surface area contributed by atoms with Crippen LogP contribution in [0, 0.1) is 0 Å². The van der Waals surface area contributed by atoms with Gasteiger partial charge in [0.15, 0.2) is 0 Å². The van der Waals surface area contributed by atoms with E-state index in [2.05, 4.69) is 40.2 Å². The molecule has 0 aliphatic carbocycles. The van der Waals surface area contributed by atoms with Crippen LogP contribution >= 0.6 is 15.9 Å². The summed E-state index contributed by atoms with van der Waals surface area (Å²) in [7, 11) is 0. The van der Waals surface area contributed by atoms with E-state index >= 15 is 0 Å². The molecule has 0 spiro atoms. The van der Waals surface area contributed by atoms with Crippen molar-refractivity contribution in [1.82, 2.24) is 0 Å². The van der Waals surface area contributed by atoms with Crippen molar-refractivity contribution in [1.29, 1.82) is 0 Å². The molecule has 3 rings (SSSR count). The zero-order valence-electron chi connectivity index (χ0n) is 14.0. The number of carbonyl (C=O) groups excluding carboxylic acids is 1. The van der Waals surface area contributed by atoms with Gasteiger partial charge in [-0.1, -0.05) is 58.4 Å². The Kier molecular flexibility index (Phi) is 5.71. The molecule has 0 atom stereocenters. The van der Waals surface area contributed by atoms with E-state index in [1.54, 1.807) is 6.92 Å². The second-order valence-electron chi connectivity index (χ2n) is 5.67. The molecule has 3 aromatic carbocycles. The molecule has 0 aromatic heterocycles. The number of benzene rings is 3. The molecule has 3 aromatic rings. The lowest BCUT2D eigenvalue weighted by molar-refractivity contribution is -0.142. The number of ether oxygens (including phenoxy) is 2. The molecule has 0 unspecified atom stereocenters. The normalized spacial score (nSPS) is 10.6. The molecule has 3 nitrogen and oxygen atoms in total. The van der Waals surface area contributed by atoms with Gasteiger partial charge in [-0.3, -0.25) is 4.79 Å². The highest BCUT2D eigenvalue weighted by Crippen LogP contribution is 2.26. The monoisotopic (exact) mass is 398 g/mol. The summed E-state index contributed by atoms with van der Waals surface area (Å²) in [6.45, 7) is 2.63. The average Bonchev–Trinajstić information content (AvgIpc) is 2.61. The minimum atomic E-state index is -0.242. The molecule has 0 radical (unpaired) electrons. The van der Waals surface area contributed by atoms with Crippen LogP contribution in [-0.4, -0.2) is 12.6 Å². The van der Waals surface area contributed by atoms with Crippen LogP contribution in [0.4, 0.5) is 0 Å². The Labute approximate surface area is 155 Å². The van der Waals surface area contributed by atoms with Gasteiger partial charge in [0.25, 0.3) is 0 Å². The van der Waals surface area contributed by atoms with Crippen LogP contribution in [0.2, 0.25) is 0 Å². The SMILES string of the molecule is CCOC(=O)Cc1ccccc1OCc1ccc2c(Br)cccc2c1. The van der Waals surface area contributed by atoms with Gasteiger partial charge in [-0.05, 0) is 41.5 Å². The summed E-state index contributed by atoms with van der Waals surface area (Å²) >= 11 is 3.57. The van der Waals surface area contributed by atoms with Crippen molar-refractivity contribution >= 4 is 32.7 Å². The highest BCUT2D eigenvalue weighted by molar-refractivity contribution is 9.10. The van der Waals surface area contributed by atoms with Crippen LogP contribution in [0.25, 0.3) is 10.8 Å². The van der Waals surface area contributed by atoms with Gasteiger partial charge in [0.1, 0.15) is 12.4 Å². The van der Waals surface area contributed by atoms with Crippen molar-refractivity contribution in [3.8, 4) is 5.75 Å². The van der Waals surface area contributed by atoms with Crippen molar-refractivity contribution in [3.05, 3.63) is 76.3 Å². The van der Waals surface area contributed by atoms with Crippen molar-refractivity contribution in [3.63, 3.8) is 0 Å². The van der Waals surface area contributed by atoms with Gasteiger partial charge >= 0.3 is 5.97 Å². The molecule has 0 heterocycles. The fraction of sp³-hybridized carbons (Fsp3) is 0.190. The number of hydrogen-bond donors (Lipinski definition) is 0. The molecule has 0 saturated heterocycles. The number of esters is 1. The van der Waals surface area contributed by atoms with Crippen molar-refractivity contribution in [2.24, 2.45) is 0 Å². The van der Waals surface area contributed by atoms with Crippen LogP contribution in [0.3, 0.4) is 0 Å². The van der Waals surface area contributed by atoms with E-state index in [0.29, 0.717) is 19.0 Å². The number of rotatable bonds is 6. The first-order valence-corrected chi connectivity index (χ1v) is 9.00. The van der Waals surface area contributed by atoms with Gasteiger partial charge in [0, 0.05) is 10.0 Å². The second kappa shape index (κ2) is 8.17. The zero-order chi connectivity index (χ0) is 17.6. The minimum absolute atomic E-state index is 0.217. The van der Waals surface area contributed by atoms with E-state index in [-0.39, 0.29) is 12.4 Å². The lowest BCUT2D eigenvalue weighted by Gasteiger charge is -2.12. The fourth-order valence-corrected chi connectivity index (χ4v) is 3.22. The summed E-state index contributed by atoms with van der Waals surface area (Å²) in [5, 5.41) is 2.34. The molecular formula is C21H19BrO3. The Bertz CT molecular complexity index is 889. The van der Waals surface area contributed by atoms with Gasteiger partial charge in [-0.15, -0.1) is 0 Å². The van der Waals surface area contributed by atoms with E-state index < -0.39 is 0 Å². The van der Waals surface area contributed by atoms with Gasteiger partial charge in [0.05, 0.1) is 13.0 Å². The zero-order valence-corrected chi connectivity index (χ0v) is 15.6. The standard InChI is InChI=1S/C21H19BrO3/c1-2-24-21(23)13-17-6-3-4-9-20(17)25-14-15-10-11-18-16(12-15)7-5-8-19(18)22/h3-12H,2,13-14H2,1H3. The quantitative estimate of drug-likeness (QED) is 0.529. The maximum Gasteiger partial charge on any atom is 0.310 e. The van der Waals surface area contributed by atoms with Crippen LogP contribution < -0.4 is 4.74 Å². The topological polar surface area (TPSA) is 35.5 Å².